The summed E-state index contributed by atoms with van der Waals surface area (Å²) >= 11 is 0. The Morgan fingerprint density at radius 2 is 2.38 bits per heavy atom. The van der Waals surface area contributed by atoms with Crippen molar-refractivity contribution in [3.8, 4) is 0 Å². The minimum Gasteiger partial charge on any atom is -0.396 e. The lowest BCUT2D eigenvalue weighted by Gasteiger charge is -2.32. The summed E-state index contributed by atoms with van der Waals surface area (Å²) in [7, 11) is 0. The number of ether oxygens (including phenoxy) is 1. The first kappa shape index (κ1) is 13.9. The van der Waals surface area contributed by atoms with Crippen LogP contribution in [-0.2, 0) is 4.74 Å². The van der Waals surface area contributed by atoms with E-state index in [0.29, 0.717) is 12.1 Å². The molecule has 0 amide bonds. The second kappa shape index (κ2) is 8.01. The Hall–Kier alpha value is -0.160. The van der Waals surface area contributed by atoms with Gasteiger partial charge < -0.3 is 15.2 Å². The number of nitrogens with one attached hydrogen (secondary N) is 1. The van der Waals surface area contributed by atoms with Gasteiger partial charge in [0.1, 0.15) is 0 Å². The molecule has 16 heavy (non-hydrogen) atoms. The Labute approximate surface area is 99.0 Å². The molecule has 0 aromatic carbocycles. The van der Waals surface area contributed by atoms with Gasteiger partial charge >= 0.3 is 0 Å². The first-order valence-electron chi connectivity index (χ1n) is 6.44. The number of hydrogen-bond acceptors (Lipinski definition) is 4. The third-order valence-electron chi connectivity index (χ3n) is 3.16. The third kappa shape index (κ3) is 5.25. The van der Waals surface area contributed by atoms with E-state index >= 15 is 0 Å². The fourth-order valence-corrected chi connectivity index (χ4v) is 2.02. The van der Waals surface area contributed by atoms with Crippen LogP contribution in [-0.4, -0.2) is 61.5 Å². The van der Waals surface area contributed by atoms with Crippen LogP contribution in [0.15, 0.2) is 0 Å². The van der Waals surface area contributed by atoms with Gasteiger partial charge in [0.2, 0.25) is 0 Å². The number of morpholine rings is 1. The van der Waals surface area contributed by atoms with Crippen molar-refractivity contribution in [3.05, 3.63) is 0 Å². The summed E-state index contributed by atoms with van der Waals surface area (Å²) in [6.45, 7) is 9.63. The molecule has 0 aromatic rings. The number of aliphatic hydroxyl groups is 1. The van der Waals surface area contributed by atoms with Crippen LogP contribution in [0.2, 0.25) is 0 Å². The second-order valence-corrected chi connectivity index (χ2v) is 4.56. The molecule has 1 aliphatic rings. The van der Waals surface area contributed by atoms with E-state index in [-0.39, 0.29) is 6.61 Å². The van der Waals surface area contributed by atoms with Crippen LogP contribution in [0, 0.1) is 0 Å². The Morgan fingerprint density at radius 3 is 3.06 bits per heavy atom. The van der Waals surface area contributed by atoms with E-state index in [1.807, 2.05) is 0 Å². The first-order chi connectivity index (χ1) is 7.76. The average Bonchev–Trinajstić information content (AvgIpc) is 2.34. The maximum atomic E-state index is 8.74. The Bertz CT molecular complexity index is 178. The SMILES string of the molecule is CCN1CCOC(CNC(C)CCCO)C1. The molecule has 1 heterocycles. The van der Waals surface area contributed by atoms with Crippen molar-refractivity contribution in [1.82, 2.24) is 10.2 Å². The molecular weight excluding hydrogens is 204 g/mol. The Morgan fingerprint density at radius 1 is 1.56 bits per heavy atom. The van der Waals surface area contributed by atoms with Gasteiger partial charge in [0.05, 0.1) is 12.7 Å². The molecule has 0 spiro atoms. The summed E-state index contributed by atoms with van der Waals surface area (Å²) < 4.78 is 5.71. The van der Waals surface area contributed by atoms with Crippen molar-refractivity contribution in [2.75, 3.05) is 39.4 Å². The predicted molar refractivity (Wildman–Crippen MR) is 65.6 cm³/mol. The van der Waals surface area contributed by atoms with Gasteiger partial charge in [-0.2, -0.15) is 0 Å². The minimum absolute atomic E-state index is 0.287. The van der Waals surface area contributed by atoms with E-state index in [0.717, 1.165) is 45.6 Å². The monoisotopic (exact) mass is 230 g/mol. The predicted octanol–water partition coefficient (Wildman–Crippen LogP) is 0.458. The highest BCUT2D eigenvalue weighted by Crippen LogP contribution is 2.04. The molecule has 0 aromatic heterocycles. The molecule has 1 saturated heterocycles. The van der Waals surface area contributed by atoms with E-state index < -0.39 is 0 Å². The standard InChI is InChI=1S/C12H26N2O2/c1-3-14-6-8-16-12(10-14)9-13-11(2)5-4-7-15/h11-13,15H,3-10H2,1-2H3. The molecule has 4 nitrogen and oxygen atoms in total. The summed E-state index contributed by atoms with van der Waals surface area (Å²) in [6.07, 6.45) is 2.23. The van der Waals surface area contributed by atoms with Crippen molar-refractivity contribution in [2.24, 2.45) is 0 Å². The minimum atomic E-state index is 0.287. The Balaban J connectivity index is 2.11. The van der Waals surface area contributed by atoms with Gasteiger partial charge in [-0.25, -0.2) is 0 Å². The molecule has 2 atom stereocenters. The van der Waals surface area contributed by atoms with Crippen LogP contribution in [0.4, 0.5) is 0 Å². The largest absolute Gasteiger partial charge is 0.396 e. The zero-order valence-corrected chi connectivity index (χ0v) is 10.6. The maximum absolute atomic E-state index is 8.74. The number of nitrogens with zero attached hydrogens (tertiary/aromatic N) is 1. The summed E-state index contributed by atoms with van der Waals surface area (Å²) in [5.74, 6) is 0. The second-order valence-electron chi connectivity index (χ2n) is 4.56. The number of likely N-dealkylation sites (N-methyl/N-ethyl adjacent to an activating group) is 1. The molecule has 2 unspecified atom stereocenters. The van der Waals surface area contributed by atoms with Crippen molar-refractivity contribution < 1.29 is 9.84 Å². The zero-order valence-electron chi connectivity index (χ0n) is 10.6. The van der Waals surface area contributed by atoms with Crippen LogP contribution in [0.5, 0.6) is 0 Å². The molecule has 1 fully saturated rings. The molecule has 0 saturated carbocycles. The smallest absolute Gasteiger partial charge is 0.0826 e. The molecule has 1 aliphatic heterocycles. The van der Waals surface area contributed by atoms with Gasteiger partial charge in [0, 0.05) is 32.3 Å². The highest BCUT2D eigenvalue weighted by atomic mass is 16.5. The van der Waals surface area contributed by atoms with Gasteiger partial charge in [-0.15, -0.1) is 0 Å². The Kier molecular flexibility index (Phi) is 6.96. The summed E-state index contributed by atoms with van der Waals surface area (Å²) in [5.41, 5.74) is 0. The van der Waals surface area contributed by atoms with Crippen molar-refractivity contribution in [2.45, 2.75) is 38.8 Å². The van der Waals surface area contributed by atoms with Crippen LogP contribution in [0.3, 0.4) is 0 Å². The molecule has 4 heteroatoms. The van der Waals surface area contributed by atoms with E-state index in [1.54, 1.807) is 0 Å². The molecule has 0 bridgehead atoms. The highest BCUT2D eigenvalue weighted by molar-refractivity contribution is 4.74. The van der Waals surface area contributed by atoms with Gasteiger partial charge in [-0.1, -0.05) is 6.92 Å². The van der Waals surface area contributed by atoms with Crippen molar-refractivity contribution in [3.63, 3.8) is 0 Å². The van der Waals surface area contributed by atoms with Gasteiger partial charge in [0.15, 0.2) is 0 Å². The van der Waals surface area contributed by atoms with E-state index in [1.165, 1.54) is 0 Å². The van der Waals surface area contributed by atoms with E-state index in [4.69, 9.17) is 9.84 Å². The zero-order chi connectivity index (χ0) is 11.8. The van der Waals surface area contributed by atoms with Gasteiger partial charge in [-0.3, -0.25) is 4.90 Å². The van der Waals surface area contributed by atoms with E-state index in [9.17, 15) is 0 Å². The molecule has 0 radical (unpaired) electrons. The quantitative estimate of drug-likeness (QED) is 0.667. The fraction of sp³-hybridized carbons (Fsp3) is 1.00. The van der Waals surface area contributed by atoms with E-state index in [2.05, 4.69) is 24.1 Å². The first-order valence-corrected chi connectivity index (χ1v) is 6.44. The number of rotatable bonds is 7. The fourth-order valence-electron chi connectivity index (χ4n) is 2.02. The summed E-state index contributed by atoms with van der Waals surface area (Å²) in [6, 6.07) is 0.466. The summed E-state index contributed by atoms with van der Waals surface area (Å²) in [5, 5.41) is 12.2. The molecular formula is C12H26N2O2. The topological polar surface area (TPSA) is 44.7 Å². The van der Waals surface area contributed by atoms with Crippen molar-refractivity contribution in [1.29, 1.82) is 0 Å². The van der Waals surface area contributed by atoms with Crippen LogP contribution < -0.4 is 5.32 Å². The van der Waals surface area contributed by atoms with Crippen LogP contribution >= 0.6 is 0 Å². The lowest BCUT2D eigenvalue weighted by molar-refractivity contribution is -0.0262. The highest BCUT2D eigenvalue weighted by Gasteiger charge is 2.19. The van der Waals surface area contributed by atoms with Crippen molar-refractivity contribution >= 4 is 0 Å². The normalized spacial score (nSPS) is 24.6. The average molecular weight is 230 g/mol. The van der Waals surface area contributed by atoms with Gasteiger partial charge in [0.25, 0.3) is 0 Å². The maximum Gasteiger partial charge on any atom is 0.0826 e. The van der Waals surface area contributed by atoms with Gasteiger partial charge in [-0.05, 0) is 26.3 Å². The summed E-state index contributed by atoms with van der Waals surface area (Å²) in [4.78, 5) is 2.42. The molecule has 0 aliphatic carbocycles. The molecule has 2 N–H and O–H groups in total. The lowest BCUT2D eigenvalue weighted by atomic mass is 10.2. The number of aliphatic hydroxyl groups excluding tert-OH is 1. The lowest BCUT2D eigenvalue weighted by Crippen LogP contribution is -2.47. The molecule has 96 valence electrons. The number of hydrogen-bond donors (Lipinski definition) is 2. The molecule has 1 rings (SSSR count). The third-order valence-corrected chi connectivity index (χ3v) is 3.16. The van der Waals surface area contributed by atoms with Crippen LogP contribution in [0.25, 0.3) is 0 Å². The van der Waals surface area contributed by atoms with Crippen LogP contribution in [0.1, 0.15) is 26.7 Å².